The van der Waals surface area contributed by atoms with Crippen LogP contribution in [0.1, 0.15) is 63.0 Å². The minimum atomic E-state index is -0.251. The molecule has 0 spiro atoms. The molecule has 3 N–H and O–H groups in total. The molecule has 5 atom stereocenters. The number of phenolic OH excluding ortho intramolecular Hbond substituents is 1. The molecular weight excluding hydrogens is 300 g/mol. The van der Waals surface area contributed by atoms with E-state index in [9.17, 15) is 15.3 Å². The second kappa shape index (κ2) is 7.88. The zero-order chi connectivity index (χ0) is 17.1. The number of phenols is 1. The molecule has 0 aliphatic heterocycles. The molecule has 0 saturated heterocycles. The first-order valence-electron chi connectivity index (χ1n) is 9.76. The maximum Gasteiger partial charge on any atom is 0.119 e. The van der Waals surface area contributed by atoms with E-state index in [4.69, 9.17) is 0 Å². The molecule has 0 heterocycles. The first-order chi connectivity index (χ1) is 11.6. The summed E-state index contributed by atoms with van der Waals surface area (Å²) >= 11 is 0. The van der Waals surface area contributed by atoms with E-state index < -0.39 is 0 Å². The number of hydrogen-bond donors (Lipinski definition) is 3. The van der Waals surface area contributed by atoms with Crippen LogP contribution < -0.4 is 0 Å². The van der Waals surface area contributed by atoms with Crippen molar-refractivity contribution in [1.29, 1.82) is 0 Å². The average Bonchev–Trinajstić information content (AvgIpc) is 2.86. The van der Waals surface area contributed by atoms with Gasteiger partial charge in [-0.25, -0.2) is 0 Å². The quantitative estimate of drug-likeness (QED) is 0.665. The predicted molar refractivity (Wildman–Crippen MR) is 96.0 cm³/mol. The molecule has 134 valence electrons. The van der Waals surface area contributed by atoms with Gasteiger partial charge in [0.1, 0.15) is 5.75 Å². The number of benzene rings is 1. The zero-order valence-electron chi connectivity index (χ0n) is 14.8. The van der Waals surface area contributed by atoms with E-state index in [1.54, 1.807) is 6.07 Å². The molecule has 0 amide bonds. The van der Waals surface area contributed by atoms with Crippen LogP contribution in [0.25, 0.3) is 0 Å². The third kappa shape index (κ3) is 3.78. The van der Waals surface area contributed by atoms with Crippen molar-refractivity contribution in [2.45, 2.75) is 76.9 Å². The third-order valence-corrected chi connectivity index (χ3v) is 6.34. The number of unbranched alkanes of at least 4 members (excludes halogenated alkanes) is 2. The summed E-state index contributed by atoms with van der Waals surface area (Å²) in [6.07, 6.45) is 8.31. The van der Waals surface area contributed by atoms with Gasteiger partial charge in [-0.1, -0.05) is 38.3 Å². The van der Waals surface area contributed by atoms with Crippen molar-refractivity contribution in [3.63, 3.8) is 0 Å². The monoisotopic (exact) mass is 332 g/mol. The molecule has 1 saturated carbocycles. The molecule has 2 aliphatic rings. The van der Waals surface area contributed by atoms with Crippen molar-refractivity contribution >= 4 is 0 Å². The Balaban J connectivity index is 1.59. The van der Waals surface area contributed by atoms with Crippen LogP contribution in [-0.4, -0.2) is 27.5 Å². The lowest BCUT2D eigenvalue weighted by Gasteiger charge is -2.32. The van der Waals surface area contributed by atoms with Gasteiger partial charge in [0.05, 0.1) is 12.2 Å². The smallest absolute Gasteiger partial charge is 0.119 e. The van der Waals surface area contributed by atoms with Crippen LogP contribution in [0.2, 0.25) is 0 Å². The van der Waals surface area contributed by atoms with E-state index >= 15 is 0 Å². The first-order valence-corrected chi connectivity index (χ1v) is 9.76. The van der Waals surface area contributed by atoms with Crippen molar-refractivity contribution in [2.75, 3.05) is 0 Å². The van der Waals surface area contributed by atoms with E-state index in [-0.39, 0.29) is 12.2 Å². The predicted octanol–water partition coefficient (Wildman–Crippen LogP) is 3.83. The molecule has 24 heavy (non-hydrogen) atoms. The Morgan fingerprint density at radius 3 is 2.79 bits per heavy atom. The summed E-state index contributed by atoms with van der Waals surface area (Å²) in [5.74, 6) is 1.68. The largest absolute Gasteiger partial charge is 0.508 e. The van der Waals surface area contributed by atoms with E-state index in [1.807, 2.05) is 6.07 Å². The van der Waals surface area contributed by atoms with Gasteiger partial charge in [0.2, 0.25) is 0 Å². The summed E-state index contributed by atoms with van der Waals surface area (Å²) in [6, 6.07) is 5.81. The molecule has 1 unspecified atom stereocenters. The van der Waals surface area contributed by atoms with E-state index in [0.717, 1.165) is 50.5 Å². The molecule has 0 aromatic heterocycles. The van der Waals surface area contributed by atoms with Crippen molar-refractivity contribution in [3.05, 3.63) is 29.3 Å². The Bertz CT molecular complexity index is 542. The van der Waals surface area contributed by atoms with Crippen LogP contribution in [0.4, 0.5) is 0 Å². The number of aliphatic hydroxyl groups is 2. The van der Waals surface area contributed by atoms with E-state index in [1.165, 1.54) is 18.4 Å². The summed E-state index contributed by atoms with van der Waals surface area (Å²) in [7, 11) is 0. The molecular formula is C21H32O3. The van der Waals surface area contributed by atoms with Crippen molar-refractivity contribution in [3.8, 4) is 5.75 Å². The Labute approximate surface area is 145 Å². The highest BCUT2D eigenvalue weighted by Gasteiger charge is 2.44. The molecule has 1 fully saturated rings. The van der Waals surface area contributed by atoms with Crippen LogP contribution >= 0.6 is 0 Å². The maximum atomic E-state index is 10.6. The lowest BCUT2D eigenvalue weighted by atomic mass is 9.73. The third-order valence-electron chi connectivity index (χ3n) is 6.34. The molecule has 0 radical (unpaired) electrons. The van der Waals surface area contributed by atoms with Crippen LogP contribution in [0.15, 0.2) is 18.2 Å². The minimum absolute atomic E-state index is 0.220. The van der Waals surface area contributed by atoms with E-state index in [2.05, 4.69) is 13.0 Å². The van der Waals surface area contributed by atoms with Crippen LogP contribution in [-0.2, 0) is 12.8 Å². The van der Waals surface area contributed by atoms with Crippen LogP contribution in [0, 0.1) is 17.8 Å². The van der Waals surface area contributed by atoms with E-state index in [0.29, 0.717) is 23.5 Å². The molecule has 3 nitrogen and oxygen atoms in total. The first kappa shape index (κ1) is 17.8. The minimum Gasteiger partial charge on any atom is -0.508 e. The highest BCUT2D eigenvalue weighted by Crippen LogP contribution is 2.48. The fourth-order valence-electron chi connectivity index (χ4n) is 4.98. The second-order valence-electron chi connectivity index (χ2n) is 7.94. The fraction of sp³-hybridized carbons (Fsp3) is 0.714. The van der Waals surface area contributed by atoms with Gasteiger partial charge in [-0.3, -0.25) is 0 Å². The molecule has 1 aromatic carbocycles. The Kier molecular flexibility index (Phi) is 5.83. The zero-order valence-corrected chi connectivity index (χ0v) is 14.8. The summed E-state index contributed by atoms with van der Waals surface area (Å²) in [5, 5.41) is 30.8. The van der Waals surface area contributed by atoms with Gasteiger partial charge in [0.25, 0.3) is 0 Å². The maximum absolute atomic E-state index is 10.6. The van der Waals surface area contributed by atoms with Gasteiger partial charge < -0.3 is 15.3 Å². The summed E-state index contributed by atoms with van der Waals surface area (Å²) in [5.41, 5.74) is 2.34. The summed E-state index contributed by atoms with van der Waals surface area (Å²) < 4.78 is 0. The highest BCUT2D eigenvalue weighted by atomic mass is 16.3. The number of hydrogen-bond acceptors (Lipinski definition) is 3. The summed E-state index contributed by atoms with van der Waals surface area (Å²) in [4.78, 5) is 0. The molecule has 1 aromatic rings. The average molecular weight is 332 g/mol. The van der Waals surface area contributed by atoms with Gasteiger partial charge in [-0.15, -0.1) is 0 Å². The second-order valence-corrected chi connectivity index (χ2v) is 7.94. The standard InChI is InChI=1S/C21H32O3/c1-2-3-4-7-16(22)9-10-17-18-11-14-6-5-8-20(23)19(14)12-15(18)13-21(17)24/h5-6,8,15-18,21-24H,2-4,7,9-13H2,1H3/t15-,16?,17+,18-,21+/m0/s1. The normalized spacial score (nSPS) is 30.0. The Morgan fingerprint density at radius 2 is 2.00 bits per heavy atom. The van der Waals surface area contributed by atoms with Crippen molar-refractivity contribution in [1.82, 2.24) is 0 Å². The van der Waals surface area contributed by atoms with Gasteiger partial charge in [0.15, 0.2) is 0 Å². The van der Waals surface area contributed by atoms with Crippen LogP contribution in [0.5, 0.6) is 5.75 Å². The number of aromatic hydroxyl groups is 1. The van der Waals surface area contributed by atoms with Gasteiger partial charge in [-0.2, -0.15) is 0 Å². The highest BCUT2D eigenvalue weighted by molar-refractivity contribution is 5.42. The molecule has 3 rings (SSSR count). The number of rotatable bonds is 7. The van der Waals surface area contributed by atoms with Gasteiger partial charge >= 0.3 is 0 Å². The topological polar surface area (TPSA) is 60.7 Å². The molecule has 3 heteroatoms. The van der Waals surface area contributed by atoms with Crippen molar-refractivity contribution < 1.29 is 15.3 Å². The van der Waals surface area contributed by atoms with Crippen molar-refractivity contribution in [2.24, 2.45) is 17.8 Å². The lowest BCUT2D eigenvalue weighted by Crippen LogP contribution is -2.27. The Morgan fingerprint density at radius 1 is 1.17 bits per heavy atom. The Hall–Kier alpha value is -1.06. The molecule has 2 aliphatic carbocycles. The van der Waals surface area contributed by atoms with Crippen LogP contribution in [0.3, 0.4) is 0 Å². The van der Waals surface area contributed by atoms with Gasteiger partial charge in [0, 0.05) is 0 Å². The SMILES string of the molecule is CCCCCC(O)CC[C@@H]1[C@H]2Cc3cccc(O)c3C[C@H]2C[C@H]1O. The number of aliphatic hydroxyl groups excluding tert-OH is 2. The fourth-order valence-corrected chi connectivity index (χ4v) is 4.98. The summed E-state index contributed by atoms with van der Waals surface area (Å²) in [6.45, 7) is 2.18. The lowest BCUT2D eigenvalue weighted by molar-refractivity contribution is 0.0869. The number of fused-ring (bicyclic) bond motifs is 2. The van der Waals surface area contributed by atoms with Gasteiger partial charge in [-0.05, 0) is 73.5 Å². The molecule has 0 bridgehead atoms.